The SMILES string of the molecule is CCC(CCNC(=O)c1ccc(Nc2nccn3c(-c4ccc(OC)cc4)cnc23)cc1C)CC[NH+](C)CC(=O)O.COC=O. The van der Waals surface area contributed by atoms with Gasteiger partial charge in [-0.05, 0) is 73.7 Å². The number of nitrogens with one attached hydrogen (secondary N) is 3. The van der Waals surface area contributed by atoms with Crippen LogP contribution in [0.25, 0.3) is 16.9 Å². The number of anilines is 2. The third-order valence-electron chi connectivity index (χ3n) is 7.49. The van der Waals surface area contributed by atoms with E-state index in [0.29, 0.717) is 36.0 Å². The molecule has 4 aromatic rings. The van der Waals surface area contributed by atoms with Gasteiger partial charge in [0.25, 0.3) is 12.4 Å². The van der Waals surface area contributed by atoms with Crippen molar-refractivity contribution in [1.82, 2.24) is 19.7 Å². The first-order chi connectivity index (χ1) is 21.7. The highest BCUT2D eigenvalue weighted by molar-refractivity contribution is 5.96. The number of benzene rings is 2. The molecule has 2 aromatic carbocycles. The summed E-state index contributed by atoms with van der Waals surface area (Å²) in [7, 11) is 4.86. The third-order valence-corrected chi connectivity index (χ3v) is 7.49. The molecule has 0 saturated carbocycles. The van der Waals surface area contributed by atoms with E-state index in [1.807, 2.05) is 73.2 Å². The molecule has 0 aliphatic carbocycles. The van der Waals surface area contributed by atoms with Crippen LogP contribution in [0.15, 0.2) is 61.1 Å². The van der Waals surface area contributed by atoms with Gasteiger partial charge in [0.2, 0.25) is 0 Å². The van der Waals surface area contributed by atoms with Gasteiger partial charge in [0.15, 0.2) is 18.0 Å². The lowest BCUT2D eigenvalue weighted by Crippen LogP contribution is -3.10. The van der Waals surface area contributed by atoms with Crippen LogP contribution in [-0.2, 0) is 14.3 Å². The molecule has 0 aliphatic rings. The quantitative estimate of drug-likeness (QED) is 0.147. The number of imidazole rings is 1. The van der Waals surface area contributed by atoms with Gasteiger partial charge in [0, 0.05) is 35.8 Å². The average Bonchev–Trinajstić information content (AvgIpc) is 3.47. The number of amides is 1. The predicted octanol–water partition coefficient (Wildman–Crippen LogP) is 3.38. The number of hydrogen-bond acceptors (Lipinski definition) is 8. The van der Waals surface area contributed by atoms with Crippen molar-refractivity contribution >= 4 is 35.5 Å². The van der Waals surface area contributed by atoms with Crippen molar-refractivity contribution in [1.29, 1.82) is 0 Å². The number of nitrogens with zero attached hydrogens (tertiary/aromatic N) is 3. The highest BCUT2D eigenvalue weighted by Gasteiger charge is 2.15. The fourth-order valence-electron chi connectivity index (χ4n) is 4.95. The number of likely N-dealkylation sites (N-methyl/N-ethyl adjacent to an activating group) is 1. The molecule has 0 radical (unpaired) electrons. The Morgan fingerprint density at radius 2 is 1.84 bits per heavy atom. The Morgan fingerprint density at radius 3 is 2.47 bits per heavy atom. The van der Waals surface area contributed by atoms with E-state index >= 15 is 0 Å². The molecule has 2 aromatic heterocycles. The molecule has 12 heteroatoms. The van der Waals surface area contributed by atoms with E-state index < -0.39 is 5.97 Å². The molecule has 0 bridgehead atoms. The van der Waals surface area contributed by atoms with Crippen molar-refractivity contribution in [3.05, 3.63) is 72.2 Å². The largest absolute Gasteiger partial charge is 0.497 e. The summed E-state index contributed by atoms with van der Waals surface area (Å²) in [6, 6.07) is 13.5. The lowest BCUT2D eigenvalue weighted by Gasteiger charge is -2.18. The van der Waals surface area contributed by atoms with Crippen molar-refractivity contribution in [2.24, 2.45) is 5.92 Å². The second kappa shape index (κ2) is 17.4. The highest BCUT2D eigenvalue weighted by atomic mass is 16.5. The summed E-state index contributed by atoms with van der Waals surface area (Å²) in [5.74, 6) is 0.964. The number of carbonyl (C=O) groups is 3. The Kier molecular flexibility index (Phi) is 13.3. The monoisotopic (exact) mass is 619 g/mol. The molecular weight excluding hydrogens is 576 g/mol. The molecule has 0 aliphatic heterocycles. The topological polar surface area (TPSA) is 149 Å². The van der Waals surface area contributed by atoms with Crippen molar-refractivity contribution in [3.63, 3.8) is 0 Å². The number of aliphatic carboxylic acids is 1. The molecule has 0 spiro atoms. The van der Waals surface area contributed by atoms with E-state index in [1.54, 1.807) is 13.3 Å². The van der Waals surface area contributed by atoms with Gasteiger partial charge in [-0.3, -0.25) is 14.0 Å². The van der Waals surface area contributed by atoms with Gasteiger partial charge in [-0.15, -0.1) is 0 Å². The van der Waals surface area contributed by atoms with Crippen molar-refractivity contribution < 1.29 is 33.9 Å². The first-order valence-corrected chi connectivity index (χ1v) is 14.8. The second-order valence-electron chi connectivity index (χ2n) is 10.7. The molecular formula is C33H43N6O6+. The van der Waals surface area contributed by atoms with Crippen LogP contribution in [0.5, 0.6) is 5.75 Å². The summed E-state index contributed by atoms with van der Waals surface area (Å²) in [5, 5.41) is 15.3. The number of rotatable bonds is 15. The Bertz CT molecular complexity index is 1560. The van der Waals surface area contributed by atoms with Crippen LogP contribution in [0.2, 0.25) is 0 Å². The molecule has 0 fully saturated rings. The molecule has 2 atom stereocenters. The third kappa shape index (κ3) is 10.0. The van der Waals surface area contributed by atoms with Gasteiger partial charge >= 0.3 is 5.97 Å². The number of aromatic nitrogens is 3. The number of carboxylic acids is 1. The molecule has 4 rings (SSSR count). The van der Waals surface area contributed by atoms with Gasteiger partial charge in [-0.25, -0.2) is 14.8 Å². The van der Waals surface area contributed by atoms with Crippen LogP contribution in [0.4, 0.5) is 11.5 Å². The minimum atomic E-state index is -0.784. The Labute approximate surface area is 263 Å². The first kappa shape index (κ1) is 34.5. The lowest BCUT2D eigenvalue weighted by atomic mass is 9.98. The summed E-state index contributed by atoms with van der Waals surface area (Å²) in [6.07, 6.45) is 8.22. The average molecular weight is 620 g/mol. The summed E-state index contributed by atoms with van der Waals surface area (Å²) < 4.78 is 11.1. The molecule has 45 heavy (non-hydrogen) atoms. The van der Waals surface area contributed by atoms with E-state index in [-0.39, 0.29) is 12.5 Å². The van der Waals surface area contributed by atoms with Gasteiger partial charge in [0.1, 0.15) is 5.75 Å². The standard InChI is InChI=1S/C31H38N6O4.C2H4O2/c1-5-22(13-16-36(3)20-28(38)39)12-14-33-31(40)26-11-8-24(18-21(26)2)35-29-30-34-19-27(37(30)17-15-32-29)23-6-9-25(41-4)10-7-23;1-4-2-3/h6-11,15,17-19,22H,5,12-14,16,20H2,1-4H3,(H,32,35)(H,33,40)(H,38,39);2H,1H3/p+1. The number of methoxy groups -OCH3 is 2. The van der Waals surface area contributed by atoms with Crippen LogP contribution < -0.4 is 20.3 Å². The van der Waals surface area contributed by atoms with Crippen LogP contribution in [0.1, 0.15) is 42.1 Å². The fourth-order valence-corrected chi connectivity index (χ4v) is 4.95. The zero-order valence-electron chi connectivity index (χ0n) is 26.5. The minimum Gasteiger partial charge on any atom is -0.497 e. The second-order valence-corrected chi connectivity index (χ2v) is 10.7. The maximum Gasteiger partial charge on any atom is 0.359 e. The Morgan fingerprint density at radius 1 is 1.11 bits per heavy atom. The van der Waals surface area contributed by atoms with E-state index in [4.69, 9.17) is 14.6 Å². The Balaban J connectivity index is 0.00000130. The zero-order chi connectivity index (χ0) is 32.8. The lowest BCUT2D eigenvalue weighted by molar-refractivity contribution is -0.872. The Hall–Kier alpha value is -4.97. The number of fused-ring (bicyclic) bond motifs is 1. The van der Waals surface area contributed by atoms with Crippen LogP contribution in [-0.4, -0.2) is 78.7 Å². The van der Waals surface area contributed by atoms with Crippen LogP contribution >= 0.6 is 0 Å². The summed E-state index contributed by atoms with van der Waals surface area (Å²) >= 11 is 0. The van der Waals surface area contributed by atoms with Crippen molar-refractivity contribution in [2.45, 2.75) is 33.1 Å². The molecule has 240 valence electrons. The highest BCUT2D eigenvalue weighted by Crippen LogP contribution is 2.27. The number of carboxylic acid groups (broad SMARTS) is 1. The zero-order valence-corrected chi connectivity index (χ0v) is 26.5. The normalized spacial score (nSPS) is 11.9. The summed E-state index contributed by atoms with van der Waals surface area (Å²) in [5.41, 5.74) is 4.94. The van der Waals surface area contributed by atoms with Gasteiger partial charge in [-0.1, -0.05) is 13.3 Å². The molecule has 12 nitrogen and oxygen atoms in total. The van der Waals surface area contributed by atoms with Crippen LogP contribution in [0, 0.1) is 12.8 Å². The maximum atomic E-state index is 12.9. The maximum absolute atomic E-state index is 12.9. The number of aryl methyl sites for hydroxylation is 1. The van der Waals surface area contributed by atoms with Gasteiger partial charge in [0.05, 0.1) is 39.7 Å². The molecule has 2 heterocycles. The van der Waals surface area contributed by atoms with E-state index in [1.165, 1.54) is 7.11 Å². The van der Waals surface area contributed by atoms with E-state index in [9.17, 15) is 9.59 Å². The number of hydrogen-bond donors (Lipinski definition) is 4. The van der Waals surface area contributed by atoms with Crippen LogP contribution in [0.3, 0.4) is 0 Å². The predicted molar refractivity (Wildman–Crippen MR) is 172 cm³/mol. The smallest absolute Gasteiger partial charge is 0.359 e. The first-order valence-electron chi connectivity index (χ1n) is 14.8. The van der Waals surface area contributed by atoms with Gasteiger partial charge in [-0.2, -0.15) is 0 Å². The number of ether oxygens (including phenoxy) is 2. The van der Waals surface area contributed by atoms with Crippen molar-refractivity contribution in [2.75, 3.05) is 46.2 Å². The molecule has 2 unspecified atom stereocenters. The van der Waals surface area contributed by atoms with E-state index in [2.05, 4.69) is 32.3 Å². The molecule has 0 saturated heterocycles. The molecule has 1 amide bonds. The number of carbonyl (C=O) groups excluding carboxylic acids is 2. The van der Waals surface area contributed by atoms with Crippen molar-refractivity contribution in [3.8, 4) is 17.0 Å². The summed E-state index contributed by atoms with van der Waals surface area (Å²) in [4.78, 5) is 42.8. The van der Waals surface area contributed by atoms with Gasteiger partial charge < -0.3 is 30.1 Å². The minimum absolute atomic E-state index is 0.102. The molecule has 4 N–H and O–H groups in total. The number of quaternary nitrogens is 1. The summed E-state index contributed by atoms with van der Waals surface area (Å²) in [6.45, 7) is 5.93. The van der Waals surface area contributed by atoms with E-state index in [0.717, 1.165) is 59.0 Å². The fraction of sp³-hybridized carbons (Fsp3) is 0.364.